The lowest BCUT2D eigenvalue weighted by Gasteiger charge is -2.21. The summed E-state index contributed by atoms with van der Waals surface area (Å²) in [7, 11) is 1.65. The number of benzene rings is 2. The number of aromatic amines is 1. The number of aromatic nitrogens is 1. The van der Waals surface area contributed by atoms with Crippen LogP contribution in [0.15, 0.2) is 54.7 Å². The lowest BCUT2D eigenvalue weighted by molar-refractivity contribution is -0.675. The number of nitrogens with one attached hydrogen (secondary N) is 2. The maximum atomic E-state index is 12.7. The third-order valence-electron chi connectivity index (χ3n) is 5.75. The van der Waals surface area contributed by atoms with Gasteiger partial charge in [0.15, 0.2) is 6.04 Å². The minimum absolute atomic E-state index is 0.0784. The average molecular weight is 407 g/mol. The Bertz CT molecular complexity index is 1040. The van der Waals surface area contributed by atoms with E-state index in [-0.39, 0.29) is 23.9 Å². The molecule has 1 aromatic heterocycles. The number of urea groups is 1. The van der Waals surface area contributed by atoms with Gasteiger partial charge in [-0.1, -0.05) is 30.3 Å². The number of nitrogens with two attached hydrogens (primary N) is 1. The first-order valence-corrected chi connectivity index (χ1v) is 10.2. The number of para-hydroxylation sites is 1. The molecule has 3 amide bonds. The first-order valence-electron chi connectivity index (χ1n) is 10.2. The summed E-state index contributed by atoms with van der Waals surface area (Å²) in [6.45, 7) is 3.48. The number of imide groups is 1. The average Bonchev–Trinajstić information content (AvgIpc) is 3.40. The summed E-state index contributed by atoms with van der Waals surface area (Å²) in [5.41, 5.74) is 3.42. The quantitative estimate of drug-likeness (QED) is 0.558. The third-order valence-corrected chi connectivity index (χ3v) is 5.75. The molecule has 2 atom stereocenters. The minimum Gasteiger partial charge on any atom is -0.497 e. The zero-order chi connectivity index (χ0) is 21.1. The summed E-state index contributed by atoms with van der Waals surface area (Å²) in [5.74, 6) is 0.733. The van der Waals surface area contributed by atoms with Crippen molar-refractivity contribution in [1.82, 2.24) is 15.2 Å². The van der Waals surface area contributed by atoms with Crippen LogP contribution in [0.4, 0.5) is 4.79 Å². The van der Waals surface area contributed by atoms with Gasteiger partial charge in [0.05, 0.1) is 19.6 Å². The standard InChI is InChI=1S/C23H26N4O3/c1-15(22(28)27-12-11-24-23(27)29)25-13-19(16-7-9-17(30-2)10-8-16)20-14-26-21-6-4-3-5-18(20)21/h3-10,14-15,19,25-26H,11-13H2,1-2H3,(H,24,29)/p+1/t15-,19-/m1/s1. The number of H-pyrrole nitrogens is 1. The Morgan fingerprint density at radius 3 is 2.67 bits per heavy atom. The fraction of sp³-hybridized carbons (Fsp3) is 0.304. The highest BCUT2D eigenvalue weighted by Gasteiger charge is 2.32. The molecule has 0 saturated carbocycles. The Balaban J connectivity index is 1.58. The number of hydrogen-bond acceptors (Lipinski definition) is 3. The Labute approximate surface area is 175 Å². The maximum absolute atomic E-state index is 12.7. The van der Waals surface area contributed by atoms with Gasteiger partial charge >= 0.3 is 6.03 Å². The van der Waals surface area contributed by atoms with Gasteiger partial charge in [-0.15, -0.1) is 0 Å². The number of carbonyl (C=O) groups excluding carboxylic acids is 2. The lowest BCUT2D eigenvalue weighted by atomic mass is 9.90. The van der Waals surface area contributed by atoms with Crippen LogP contribution in [0.1, 0.15) is 24.0 Å². The lowest BCUT2D eigenvalue weighted by Crippen LogP contribution is -2.92. The highest BCUT2D eigenvalue weighted by molar-refractivity contribution is 5.97. The molecule has 0 radical (unpaired) electrons. The summed E-state index contributed by atoms with van der Waals surface area (Å²) in [5, 5.41) is 5.88. The van der Waals surface area contributed by atoms with E-state index < -0.39 is 0 Å². The Morgan fingerprint density at radius 1 is 1.20 bits per heavy atom. The summed E-state index contributed by atoms with van der Waals surface area (Å²) in [6.07, 6.45) is 2.05. The maximum Gasteiger partial charge on any atom is 0.324 e. The van der Waals surface area contributed by atoms with E-state index in [0.29, 0.717) is 19.6 Å². The Hall–Kier alpha value is -3.32. The summed E-state index contributed by atoms with van der Waals surface area (Å²) in [6, 6.07) is 15.6. The molecule has 0 bridgehead atoms. The predicted octanol–water partition coefficient (Wildman–Crippen LogP) is 1.81. The first kappa shape index (κ1) is 20.0. The van der Waals surface area contributed by atoms with Crippen LogP contribution in [0.25, 0.3) is 10.9 Å². The SMILES string of the molecule is COc1ccc([C@@H](C[NH2+][C@H](C)C(=O)N2CCNC2=O)c2c[nH]c3ccccc23)cc1. The number of carbonyl (C=O) groups is 2. The number of rotatable bonds is 7. The molecule has 7 nitrogen and oxygen atoms in total. The molecule has 30 heavy (non-hydrogen) atoms. The molecule has 1 aliphatic heterocycles. The molecule has 4 N–H and O–H groups in total. The van der Waals surface area contributed by atoms with Crippen LogP contribution >= 0.6 is 0 Å². The van der Waals surface area contributed by atoms with Gasteiger partial charge < -0.3 is 20.4 Å². The van der Waals surface area contributed by atoms with E-state index in [1.165, 1.54) is 15.8 Å². The van der Waals surface area contributed by atoms with Crippen LogP contribution in [0.2, 0.25) is 0 Å². The van der Waals surface area contributed by atoms with E-state index in [9.17, 15) is 9.59 Å². The molecule has 2 aromatic carbocycles. The smallest absolute Gasteiger partial charge is 0.324 e. The zero-order valence-electron chi connectivity index (χ0n) is 17.2. The Kier molecular flexibility index (Phi) is 5.72. The molecule has 1 aliphatic rings. The van der Waals surface area contributed by atoms with Crippen molar-refractivity contribution in [3.8, 4) is 5.75 Å². The van der Waals surface area contributed by atoms with Crippen molar-refractivity contribution >= 4 is 22.8 Å². The molecule has 0 aliphatic carbocycles. The van der Waals surface area contributed by atoms with E-state index in [1.807, 2.05) is 42.7 Å². The number of methoxy groups -OCH3 is 1. The Morgan fingerprint density at radius 2 is 1.97 bits per heavy atom. The fourth-order valence-corrected chi connectivity index (χ4v) is 4.03. The van der Waals surface area contributed by atoms with E-state index in [0.717, 1.165) is 16.8 Å². The van der Waals surface area contributed by atoms with Crippen LogP contribution in [0, 0.1) is 0 Å². The second kappa shape index (κ2) is 8.59. The molecule has 1 saturated heterocycles. The van der Waals surface area contributed by atoms with Gasteiger partial charge in [-0.25, -0.2) is 4.79 Å². The van der Waals surface area contributed by atoms with Crippen molar-refractivity contribution in [2.24, 2.45) is 0 Å². The first-order chi connectivity index (χ1) is 14.6. The van der Waals surface area contributed by atoms with Gasteiger partial charge in [-0.2, -0.15) is 0 Å². The van der Waals surface area contributed by atoms with E-state index in [4.69, 9.17) is 4.74 Å². The molecule has 7 heteroatoms. The molecule has 156 valence electrons. The topological polar surface area (TPSA) is 91.0 Å². The van der Waals surface area contributed by atoms with Crippen LogP contribution in [-0.2, 0) is 4.79 Å². The monoisotopic (exact) mass is 407 g/mol. The number of quaternary nitrogens is 1. The van der Waals surface area contributed by atoms with Gasteiger partial charge in [0.25, 0.3) is 5.91 Å². The van der Waals surface area contributed by atoms with Crippen molar-refractivity contribution in [2.45, 2.75) is 18.9 Å². The highest BCUT2D eigenvalue weighted by Crippen LogP contribution is 2.30. The number of fused-ring (bicyclic) bond motifs is 1. The van der Waals surface area contributed by atoms with Crippen LogP contribution in [0.5, 0.6) is 5.75 Å². The van der Waals surface area contributed by atoms with E-state index >= 15 is 0 Å². The molecule has 1 fully saturated rings. The van der Waals surface area contributed by atoms with E-state index in [1.54, 1.807) is 7.11 Å². The third kappa shape index (κ3) is 3.89. The minimum atomic E-state index is -0.347. The molecule has 2 heterocycles. The van der Waals surface area contributed by atoms with Crippen LogP contribution < -0.4 is 15.4 Å². The van der Waals surface area contributed by atoms with Gasteiger partial charge in [0.1, 0.15) is 5.75 Å². The van der Waals surface area contributed by atoms with Gasteiger partial charge in [-0.05, 0) is 36.2 Å². The highest BCUT2D eigenvalue weighted by atomic mass is 16.5. The van der Waals surface area contributed by atoms with Gasteiger partial charge in [0, 0.05) is 30.2 Å². The summed E-state index contributed by atoms with van der Waals surface area (Å²) >= 11 is 0. The number of hydrogen-bond donors (Lipinski definition) is 3. The summed E-state index contributed by atoms with van der Waals surface area (Å²) < 4.78 is 5.30. The molecule has 0 spiro atoms. The van der Waals surface area contributed by atoms with Gasteiger partial charge in [-0.3, -0.25) is 9.69 Å². The molecular formula is C23H27N4O3+. The normalized spacial score (nSPS) is 15.8. The van der Waals surface area contributed by atoms with Crippen molar-refractivity contribution in [1.29, 1.82) is 0 Å². The molecular weight excluding hydrogens is 380 g/mol. The molecule has 3 aromatic rings. The van der Waals surface area contributed by atoms with Crippen LogP contribution in [0.3, 0.4) is 0 Å². The van der Waals surface area contributed by atoms with Crippen molar-refractivity contribution < 1.29 is 19.6 Å². The fourth-order valence-electron chi connectivity index (χ4n) is 4.03. The van der Waals surface area contributed by atoms with Crippen molar-refractivity contribution in [2.75, 3.05) is 26.7 Å². The predicted molar refractivity (Wildman–Crippen MR) is 115 cm³/mol. The zero-order valence-corrected chi connectivity index (χ0v) is 17.2. The van der Waals surface area contributed by atoms with Crippen LogP contribution in [-0.4, -0.2) is 54.6 Å². The van der Waals surface area contributed by atoms with E-state index in [2.05, 4.69) is 34.6 Å². The number of ether oxygens (including phenoxy) is 1. The molecule has 4 rings (SSSR count). The second-order valence-electron chi connectivity index (χ2n) is 7.60. The number of amides is 3. The summed E-state index contributed by atoms with van der Waals surface area (Å²) in [4.78, 5) is 29.2. The van der Waals surface area contributed by atoms with Crippen molar-refractivity contribution in [3.05, 3.63) is 65.9 Å². The largest absolute Gasteiger partial charge is 0.497 e. The van der Waals surface area contributed by atoms with Gasteiger partial charge in [0.2, 0.25) is 0 Å². The van der Waals surface area contributed by atoms with Crippen molar-refractivity contribution in [3.63, 3.8) is 0 Å². The second-order valence-corrected chi connectivity index (χ2v) is 7.60. The molecule has 0 unspecified atom stereocenters. The number of nitrogens with zero attached hydrogens (tertiary/aromatic N) is 1.